The first-order chi connectivity index (χ1) is 8.19. The number of anilines is 1. The second-order valence-electron chi connectivity index (χ2n) is 4.79. The van der Waals surface area contributed by atoms with Crippen LogP contribution < -0.4 is 4.90 Å². The molecule has 1 saturated heterocycles. The number of benzene rings is 1. The van der Waals surface area contributed by atoms with E-state index in [1.54, 1.807) is 4.90 Å². The molecule has 0 unspecified atom stereocenters. The summed E-state index contributed by atoms with van der Waals surface area (Å²) in [6, 6.07) is 7.76. The van der Waals surface area contributed by atoms with Gasteiger partial charge in [-0.25, -0.2) is 4.79 Å². The Labute approximate surface area is 109 Å². The Kier molecular flexibility index (Phi) is 2.62. The molecular weight excluding hydrogens is 282 g/mol. The molecule has 1 spiro atoms. The highest BCUT2D eigenvalue weighted by Gasteiger charge is 2.45. The highest BCUT2D eigenvalue weighted by molar-refractivity contribution is 9.10. The zero-order chi connectivity index (χ0) is 11.9. The molecule has 1 aromatic rings. The fraction of sp³-hybridized carbons (Fsp3) is 0.462. The third kappa shape index (κ3) is 1.95. The summed E-state index contributed by atoms with van der Waals surface area (Å²) in [7, 11) is 0. The number of hydrogen-bond donors (Lipinski definition) is 0. The van der Waals surface area contributed by atoms with Crippen LogP contribution in [0.3, 0.4) is 0 Å². The number of nitrogens with zero attached hydrogens (tertiary/aromatic N) is 1. The molecule has 1 aliphatic carbocycles. The van der Waals surface area contributed by atoms with Crippen LogP contribution in [-0.4, -0.2) is 18.2 Å². The lowest BCUT2D eigenvalue weighted by molar-refractivity contribution is -0.0610. The first-order valence-electron chi connectivity index (χ1n) is 5.95. The van der Waals surface area contributed by atoms with Crippen molar-refractivity contribution in [2.24, 2.45) is 0 Å². The maximum absolute atomic E-state index is 12.0. The first-order valence-corrected chi connectivity index (χ1v) is 6.74. The lowest BCUT2D eigenvalue weighted by Crippen LogP contribution is -2.53. The van der Waals surface area contributed by atoms with Gasteiger partial charge in [0.2, 0.25) is 0 Å². The Morgan fingerprint density at radius 2 is 2.12 bits per heavy atom. The summed E-state index contributed by atoms with van der Waals surface area (Å²) in [4.78, 5) is 13.7. The topological polar surface area (TPSA) is 29.5 Å². The van der Waals surface area contributed by atoms with Gasteiger partial charge < -0.3 is 4.74 Å². The highest BCUT2D eigenvalue weighted by Crippen LogP contribution is 2.42. The highest BCUT2D eigenvalue weighted by atomic mass is 79.9. The van der Waals surface area contributed by atoms with Crippen molar-refractivity contribution >= 4 is 27.7 Å². The van der Waals surface area contributed by atoms with Gasteiger partial charge in [0.25, 0.3) is 0 Å². The van der Waals surface area contributed by atoms with Crippen LogP contribution in [0, 0.1) is 0 Å². The molecule has 17 heavy (non-hydrogen) atoms. The monoisotopic (exact) mass is 295 g/mol. The Morgan fingerprint density at radius 1 is 1.29 bits per heavy atom. The molecule has 0 bridgehead atoms. The van der Waals surface area contributed by atoms with Crippen molar-refractivity contribution in [3.8, 4) is 0 Å². The summed E-state index contributed by atoms with van der Waals surface area (Å²) in [5, 5.41) is 0. The van der Waals surface area contributed by atoms with Crippen LogP contribution >= 0.6 is 15.9 Å². The first kappa shape index (κ1) is 11.1. The number of rotatable bonds is 1. The van der Waals surface area contributed by atoms with E-state index >= 15 is 0 Å². The van der Waals surface area contributed by atoms with Crippen LogP contribution in [0.1, 0.15) is 25.7 Å². The molecule has 1 aromatic carbocycles. The van der Waals surface area contributed by atoms with Crippen molar-refractivity contribution in [1.82, 2.24) is 0 Å². The third-order valence-corrected chi connectivity index (χ3v) is 4.19. The molecule has 1 aliphatic heterocycles. The van der Waals surface area contributed by atoms with Gasteiger partial charge in [-0.1, -0.05) is 22.0 Å². The lowest BCUT2D eigenvalue weighted by Gasteiger charge is -2.46. The van der Waals surface area contributed by atoms with E-state index in [9.17, 15) is 4.79 Å². The smallest absolute Gasteiger partial charge is 0.414 e. The van der Waals surface area contributed by atoms with E-state index in [1.165, 1.54) is 6.42 Å². The largest absolute Gasteiger partial charge is 0.442 e. The third-order valence-electron chi connectivity index (χ3n) is 3.70. The van der Waals surface area contributed by atoms with Gasteiger partial charge in [-0.2, -0.15) is 0 Å². The van der Waals surface area contributed by atoms with E-state index in [0.717, 1.165) is 36.0 Å². The summed E-state index contributed by atoms with van der Waals surface area (Å²) >= 11 is 3.42. The second-order valence-corrected chi connectivity index (χ2v) is 5.70. The van der Waals surface area contributed by atoms with Gasteiger partial charge in [0.05, 0.1) is 0 Å². The summed E-state index contributed by atoms with van der Waals surface area (Å²) in [5.74, 6) is 0. The minimum Gasteiger partial charge on any atom is -0.442 e. The molecule has 1 amide bonds. The van der Waals surface area contributed by atoms with Crippen molar-refractivity contribution in [2.45, 2.75) is 31.3 Å². The number of halogens is 1. The molecule has 4 heteroatoms. The van der Waals surface area contributed by atoms with Gasteiger partial charge in [0.1, 0.15) is 5.60 Å². The van der Waals surface area contributed by atoms with Crippen molar-refractivity contribution < 1.29 is 9.53 Å². The van der Waals surface area contributed by atoms with E-state index in [1.807, 2.05) is 24.3 Å². The standard InChI is InChI=1S/C13H14BrNO2/c14-10-3-1-4-11(9-10)15-8-7-13(5-2-6-13)17-12(15)16/h1,3-4,9H,2,5-8H2. The molecule has 0 radical (unpaired) electrons. The number of amides is 1. The Morgan fingerprint density at radius 3 is 2.71 bits per heavy atom. The quantitative estimate of drug-likeness (QED) is 0.790. The maximum atomic E-state index is 12.0. The average Bonchev–Trinajstić information content (AvgIpc) is 2.26. The normalized spacial score (nSPS) is 22.2. The molecule has 1 saturated carbocycles. The van der Waals surface area contributed by atoms with Crippen LogP contribution in [-0.2, 0) is 4.74 Å². The fourth-order valence-electron chi connectivity index (χ4n) is 2.50. The second kappa shape index (κ2) is 4.02. The molecule has 0 aromatic heterocycles. The van der Waals surface area contributed by atoms with Crippen molar-refractivity contribution in [3.63, 3.8) is 0 Å². The molecular formula is C13H14BrNO2. The van der Waals surface area contributed by atoms with E-state index < -0.39 is 0 Å². The van der Waals surface area contributed by atoms with Crippen molar-refractivity contribution in [1.29, 1.82) is 0 Å². The Bertz CT molecular complexity index is 456. The molecule has 90 valence electrons. The zero-order valence-corrected chi connectivity index (χ0v) is 11.1. The molecule has 2 fully saturated rings. The van der Waals surface area contributed by atoms with Crippen LogP contribution in [0.2, 0.25) is 0 Å². The van der Waals surface area contributed by atoms with Gasteiger partial charge in [-0.05, 0) is 37.5 Å². The lowest BCUT2D eigenvalue weighted by atomic mass is 9.77. The SMILES string of the molecule is O=C1OC2(CCC2)CCN1c1cccc(Br)c1. The maximum Gasteiger partial charge on any atom is 0.414 e. The van der Waals surface area contributed by atoms with Crippen LogP contribution in [0.4, 0.5) is 10.5 Å². The van der Waals surface area contributed by atoms with E-state index in [4.69, 9.17) is 4.74 Å². The number of ether oxygens (including phenoxy) is 1. The van der Waals surface area contributed by atoms with Crippen LogP contribution in [0.25, 0.3) is 0 Å². The summed E-state index contributed by atoms with van der Waals surface area (Å²) in [6.07, 6.45) is 4.00. The Hall–Kier alpha value is -1.03. The average molecular weight is 296 g/mol. The number of hydrogen-bond acceptors (Lipinski definition) is 2. The number of carbonyl (C=O) groups is 1. The molecule has 0 atom stereocenters. The zero-order valence-electron chi connectivity index (χ0n) is 9.49. The molecule has 3 rings (SSSR count). The predicted molar refractivity (Wildman–Crippen MR) is 69.2 cm³/mol. The van der Waals surface area contributed by atoms with Crippen LogP contribution in [0.5, 0.6) is 0 Å². The minimum atomic E-state index is -0.200. The minimum absolute atomic E-state index is 0.125. The van der Waals surface area contributed by atoms with Crippen LogP contribution in [0.15, 0.2) is 28.7 Å². The fourth-order valence-corrected chi connectivity index (χ4v) is 2.89. The van der Waals surface area contributed by atoms with E-state index in [-0.39, 0.29) is 11.7 Å². The molecule has 1 heterocycles. The van der Waals surface area contributed by atoms with E-state index in [2.05, 4.69) is 15.9 Å². The summed E-state index contributed by atoms with van der Waals surface area (Å²) < 4.78 is 6.57. The van der Waals surface area contributed by atoms with Crippen molar-refractivity contribution in [3.05, 3.63) is 28.7 Å². The molecule has 0 N–H and O–H groups in total. The molecule has 3 nitrogen and oxygen atoms in total. The molecule has 2 aliphatic rings. The van der Waals surface area contributed by atoms with Gasteiger partial charge in [0, 0.05) is 23.1 Å². The number of carbonyl (C=O) groups excluding carboxylic acids is 1. The summed E-state index contributed by atoms with van der Waals surface area (Å²) in [5.41, 5.74) is 0.776. The van der Waals surface area contributed by atoms with E-state index in [0.29, 0.717) is 0 Å². The predicted octanol–water partition coefficient (Wildman–Crippen LogP) is 3.72. The Balaban J connectivity index is 1.79. The van der Waals surface area contributed by atoms with Gasteiger partial charge in [0.15, 0.2) is 0 Å². The van der Waals surface area contributed by atoms with Gasteiger partial charge in [-0.15, -0.1) is 0 Å². The van der Waals surface area contributed by atoms with Gasteiger partial charge in [-0.3, -0.25) is 4.90 Å². The van der Waals surface area contributed by atoms with Crippen molar-refractivity contribution in [2.75, 3.05) is 11.4 Å². The summed E-state index contributed by atoms with van der Waals surface area (Å²) in [6.45, 7) is 0.759. The van der Waals surface area contributed by atoms with Gasteiger partial charge >= 0.3 is 6.09 Å².